The Morgan fingerprint density at radius 2 is 1.59 bits per heavy atom. The molecule has 0 spiro atoms. The predicted molar refractivity (Wildman–Crippen MR) is 135 cm³/mol. The Labute approximate surface area is 215 Å². The van der Waals surface area contributed by atoms with Gasteiger partial charge < -0.3 is 14.8 Å². The smallest absolute Gasteiger partial charge is 0.357 e. The SMILES string of the molecule is COc1ccccc1CCNC(=O)c1ccc(S(=O)(=O)NC(=O)c2ccc(C(=O)OC(C)C)nc2)cc1. The van der Waals surface area contributed by atoms with Crippen LogP contribution in [-0.2, 0) is 21.2 Å². The summed E-state index contributed by atoms with van der Waals surface area (Å²) in [5, 5.41) is 2.78. The molecule has 3 aromatic rings. The molecule has 0 aliphatic heterocycles. The van der Waals surface area contributed by atoms with Gasteiger partial charge in [-0.2, -0.15) is 0 Å². The third kappa shape index (κ3) is 7.37. The second-order valence-corrected chi connectivity index (χ2v) is 9.85. The van der Waals surface area contributed by atoms with Crippen molar-refractivity contribution in [3.05, 3.63) is 89.2 Å². The van der Waals surface area contributed by atoms with Crippen LogP contribution < -0.4 is 14.8 Å². The van der Waals surface area contributed by atoms with Crippen LogP contribution in [0.4, 0.5) is 0 Å². The largest absolute Gasteiger partial charge is 0.496 e. The minimum Gasteiger partial charge on any atom is -0.496 e. The summed E-state index contributed by atoms with van der Waals surface area (Å²) in [7, 11) is -2.64. The average Bonchev–Trinajstić information content (AvgIpc) is 2.88. The summed E-state index contributed by atoms with van der Waals surface area (Å²) in [6.45, 7) is 3.73. The third-order valence-electron chi connectivity index (χ3n) is 5.10. The molecule has 37 heavy (non-hydrogen) atoms. The summed E-state index contributed by atoms with van der Waals surface area (Å²) in [6, 6.07) is 15.2. The predicted octanol–water partition coefficient (Wildman–Crippen LogP) is 2.75. The lowest BCUT2D eigenvalue weighted by Gasteiger charge is -2.10. The molecule has 1 heterocycles. The number of esters is 1. The first-order chi connectivity index (χ1) is 17.6. The van der Waals surface area contributed by atoms with Gasteiger partial charge in [0.25, 0.3) is 21.8 Å². The molecule has 2 amide bonds. The Kier molecular flexibility index (Phi) is 8.96. The minimum atomic E-state index is -4.22. The normalized spacial score (nSPS) is 11.0. The first kappa shape index (κ1) is 27.3. The highest BCUT2D eigenvalue weighted by Gasteiger charge is 2.20. The first-order valence-electron chi connectivity index (χ1n) is 11.3. The molecule has 0 radical (unpaired) electrons. The van der Waals surface area contributed by atoms with Gasteiger partial charge in [0.15, 0.2) is 0 Å². The van der Waals surface area contributed by atoms with E-state index >= 15 is 0 Å². The second-order valence-electron chi connectivity index (χ2n) is 8.16. The number of carbonyl (C=O) groups is 3. The van der Waals surface area contributed by atoms with E-state index in [9.17, 15) is 22.8 Å². The molecule has 2 N–H and O–H groups in total. The van der Waals surface area contributed by atoms with Gasteiger partial charge >= 0.3 is 5.97 Å². The minimum absolute atomic E-state index is 0.00937. The van der Waals surface area contributed by atoms with Gasteiger partial charge in [-0.05, 0) is 68.3 Å². The van der Waals surface area contributed by atoms with Gasteiger partial charge in [0.1, 0.15) is 11.4 Å². The fraction of sp³-hybridized carbons (Fsp3) is 0.231. The lowest BCUT2D eigenvalue weighted by atomic mass is 10.1. The number of pyridine rings is 1. The first-order valence-corrected chi connectivity index (χ1v) is 12.8. The molecule has 1 aromatic heterocycles. The molecule has 0 saturated carbocycles. The maximum Gasteiger partial charge on any atom is 0.357 e. The number of hydrogen-bond acceptors (Lipinski definition) is 8. The van der Waals surface area contributed by atoms with E-state index in [1.165, 1.54) is 36.4 Å². The number of amides is 2. The van der Waals surface area contributed by atoms with Crippen molar-refractivity contribution in [3.8, 4) is 5.75 Å². The van der Waals surface area contributed by atoms with Crippen LogP contribution in [0.5, 0.6) is 5.75 Å². The zero-order chi connectivity index (χ0) is 27.0. The van der Waals surface area contributed by atoms with Gasteiger partial charge in [0, 0.05) is 18.3 Å². The summed E-state index contributed by atoms with van der Waals surface area (Å²) in [5.41, 5.74) is 1.14. The zero-order valence-corrected chi connectivity index (χ0v) is 21.4. The molecule has 2 aromatic carbocycles. The Balaban J connectivity index is 1.58. The van der Waals surface area contributed by atoms with Gasteiger partial charge in [-0.1, -0.05) is 18.2 Å². The van der Waals surface area contributed by atoms with E-state index in [4.69, 9.17) is 9.47 Å². The molecular weight excluding hydrogens is 498 g/mol. The van der Waals surface area contributed by atoms with Crippen molar-refractivity contribution in [3.63, 3.8) is 0 Å². The van der Waals surface area contributed by atoms with E-state index < -0.39 is 21.9 Å². The van der Waals surface area contributed by atoms with Crippen molar-refractivity contribution in [1.29, 1.82) is 0 Å². The third-order valence-corrected chi connectivity index (χ3v) is 6.45. The van der Waals surface area contributed by atoms with Crippen LogP contribution in [-0.4, -0.2) is 50.9 Å². The van der Waals surface area contributed by atoms with E-state index in [0.29, 0.717) is 13.0 Å². The number of benzene rings is 2. The van der Waals surface area contributed by atoms with Crippen molar-refractivity contribution in [2.45, 2.75) is 31.3 Å². The van der Waals surface area contributed by atoms with E-state index in [2.05, 4.69) is 10.3 Å². The van der Waals surface area contributed by atoms with Gasteiger partial charge in [-0.15, -0.1) is 0 Å². The van der Waals surface area contributed by atoms with Gasteiger partial charge in [-0.25, -0.2) is 22.9 Å². The van der Waals surface area contributed by atoms with E-state index in [1.807, 2.05) is 29.0 Å². The lowest BCUT2D eigenvalue weighted by Crippen LogP contribution is -2.31. The summed E-state index contributed by atoms with van der Waals surface area (Å²) < 4.78 is 37.5. The van der Waals surface area contributed by atoms with Gasteiger partial charge in [0.05, 0.1) is 23.7 Å². The van der Waals surface area contributed by atoms with Crippen molar-refractivity contribution < 1.29 is 32.3 Å². The number of para-hydroxylation sites is 1. The zero-order valence-electron chi connectivity index (χ0n) is 20.6. The van der Waals surface area contributed by atoms with Crippen LogP contribution in [0.2, 0.25) is 0 Å². The maximum absolute atomic E-state index is 12.6. The van der Waals surface area contributed by atoms with Crippen LogP contribution in [0.3, 0.4) is 0 Å². The Hall–Kier alpha value is -4.25. The summed E-state index contributed by atoms with van der Waals surface area (Å²) in [4.78, 5) is 40.4. The van der Waals surface area contributed by atoms with Crippen LogP contribution in [0, 0.1) is 0 Å². The van der Waals surface area contributed by atoms with Crippen LogP contribution in [0.15, 0.2) is 71.8 Å². The van der Waals surface area contributed by atoms with Crippen molar-refractivity contribution >= 4 is 27.8 Å². The maximum atomic E-state index is 12.6. The number of ether oxygens (including phenoxy) is 2. The number of nitrogens with zero attached hydrogens (tertiary/aromatic N) is 1. The monoisotopic (exact) mass is 525 g/mol. The molecule has 194 valence electrons. The summed E-state index contributed by atoms with van der Waals surface area (Å²) >= 11 is 0. The quantitative estimate of drug-likeness (QED) is 0.385. The molecule has 10 nitrogen and oxygen atoms in total. The molecule has 11 heteroatoms. The standard InChI is InChI=1S/C26H27N3O7S/c1-17(2)36-26(32)22-13-10-20(16-28-22)25(31)29-37(33,34)21-11-8-19(9-12-21)24(30)27-15-14-18-6-4-5-7-23(18)35-3/h4-13,16-17H,14-15H2,1-3H3,(H,27,30)(H,29,31). The molecule has 3 rings (SSSR count). The number of methoxy groups -OCH3 is 1. The highest BCUT2D eigenvalue weighted by molar-refractivity contribution is 7.90. The van der Waals surface area contributed by atoms with E-state index in [-0.39, 0.29) is 33.7 Å². The van der Waals surface area contributed by atoms with Crippen LogP contribution >= 0.6 is 0 Å². The molecule has 0 unspecified atom stereocenters. The molecule has 0 bridgehead atoms. The van der Waals surface area contributed by atoms with Gasteiger partial charge in [0.2, 0.25) is 0 Å². The molecular formula is C26H27N3O7S. The molecule has 0 saturated heterocycles. The number of sulfonamides is 1. The number of hydrogen-bond donors (Lipinski definition) is 2. The number of nitrogens with one attached hydrogen (secondary N) is 2. The molecule has 0 atom stereocenters. The van der Waals surface area contributed by atoms with E-state index in [0.717, 1.165) is 17.5 Å². The Morgan fingerprint density at radius 3 is 2.22 bits per heavy atom. The fourth-order valence-corrected chi connectivity index (χ4v) is 4.25. The lowest BCUT2D eigenvalue weighted by molar-refractivity contribution is 0.0370. The molecule has 0 aliphatic carbocycles. The number of carbonyl (C=O) groups excluding carboxylic acids is 3. The van der Waals surface area contributed by atoms with Crippen molar-refractivity contribution in [2.24, 2.45) is 0 Å². The van der Waals surface area contributed by atoms with Crippen LogP contribution in [0.25, 0.3) is 0 Å². The molecule has 0 aliphatic rings. The van der Waals surface area contributed by atoms with Crippen molar-refractivity contribution in [1.82, 2.24) is 15.0 Å². The summed E-state index contributed by atoms with van der Waals surface area (Å²) in [6.07, 6.45) is 1.31. The number of rotatable bonds is 10. The van der Waals surface area contributed by atoms with Gasteiger partial charge in [-0.3, -0.25) is 9.59 Å². The van der Waals surface area contributed by atoms with Crippen molar-refractivity contribution in [2.75, 3.05) is 13.7 Å². The summed E-state index contributed by atoms with van der Waals surface area (Å²) in [5.74, 6) is -1.22. The highest BCUT2D eigenvalue weighted by atomic mass is 32.2. The molecule has 0 fully saturated rings. The number of aromatic nitrogens is 1. The highest BCUT2D eigenvalue weighted by Crippen LogP contribution is 2.17. The Bertz CT molecular complexity index is 1370. The topological polar surface area (TPSA) is 141 Å². The average molecular weight is 526 g/mol. The fourth-order valence-electron chi connectivity index (χ4n) is 3.27. The second kappa shape index (κ2) is 12.1. The Morgan fingerprint density at radius 1 is 0.919 bits per heavy atom. The van der Waals surface area contributed by atoms with Crippen LogP contribution in [0.1, 0.15) is 50.6 Å². The van der Waals surface area contributed by atoms with E-state index in [1.54, 1.807) is 21.0 Å².